The highest BCUT2D eigenvalue weighted by Gasteiger charge is 2.17. The second-order valence-corrected chi connectivity index (χ2v) is 9.33. The maximum Gasteiger partial charge on any atom is 0.407 e. The number of esters is 1. The maximum absolute atomic E-state index is 11.9. The lowest BCUT2D eigenvalue weighted by atomic mass is 10.1. The highest BCUT2D eigenvalue weighted by Crippen LogP contribution is 2.29. The molecule has 0 spiro atoms. The van der Waals surface area contributed by atoms with Crippen LogP contribution in [0.5, 0.6) is 0 Å². The molecule has 0 aliphatic rings. The summed E-state index contributed by atoms with van der Waals surface area (Å²) >= 11 is 0. The summed E-state index contributed by atoms with van der Waals surface area (Å²) in [5.74, 6) is 0.300. The summed E-state index contributed by atoms with van der Waals surface area (Å²) in [4.78, 5) is 32.7. The molecule has 9 nitrogen and oxygen atoms in total. The number of hydrogen-bond donors (Lipinski definition) is 2. The summed E-state index contributed by atoms with van der Waals surface area (Å²) in [7, 11) is 1.36. The molecule has 1 aromatic carbocycles. The number of anilines is 1. The van der Waals surface area contributed by atoms with Gasteiger partial charge in [0.05, 0.1) is 24.8 Å². The molecule has 1 amide bonds. The Bertz CT molecular complexity index is 1180. The number of fused-ring (bicyclic) bond motifs is 3. The SMILES string of the molecule is COC(=O)c1ccc2c(c1)nc(NCCOCCC[C@H](C)NC(=O)OC(C)(C)C)c1ccncc12. The van der Waals surface area contributed by atoms with Gasteiger partial charge < -0.3 is 24.8 Å². The number of nitrogens with zero attached hydrogens (tertiary/aromatic N) is 2. The van der Waals surface area contributed by atoms with Crippen LogP contribution in [-0.4, -0.2) is 60.5 Å². The molecule has 3 rings (SSSR count). The predicted molar refractivity (Wildman–Crippen MR) is 136 cm³/mol. The van der Waals surface area contributed by atoms with Crippen molar-refractivity contribution in [3.05, 3.63) is 42.2 Å². The average molecular weight is 483 g/mol. The van der Waals surface area contributed by atoms with Crippen molar-refractivity contribution in [3.63, 3.8) is 0 Å². The van der Waals surface area contributed by atoms with E-state index in [2.05, 4.69) is 15.6 Å². The van der Waals surface area contributed by atoms with E-state index in [1.807, 2.05) is 39.8 Å². The molecule has 0 saturated heterocycles. The molecule has 9 heteroatoms. The first-order valence-electron chi connectivity index (χ1n) is 11.7. The molecule has 0 radical (unpaired) electrons. The number of alkyl carbamates (subject to hydrolysis) is 1. The minimum Gasteiger partial charge on any atom is -0.465 e. The van der Waals surface area contributed by atoms with Gasteiger partial charge in [-0.25, -0.2) is 14.6 Å². The Morgan fingerprint density at radius 3 is 2.63 bits per heavy atom. The van der Waals surface area contributed by atoms with Gasteiger partial charge >= 0.3 is 12.1 Å². The Labute approximate surface area is 205 Å². The van der Waals surface area contributed by atoms with Gasteiger partial charge in [-0.3, -0.25) is 4.98 Å². The fraction of sp³-hybridized carbons (Fsp3) is 0.462. The number of rotatable bonds is 10. The van der Waals surface area contributed by atoms with E-state index in [4.69, 9.17) is 19.2 Å². The van der Waals surface area contributed by atoms with E-state index in [1.165, 1.54) is 7.11 Å². The minimum atomic E-state index is -0.509. The van der Waals surface area contributed by atoms with Gasteiger partial charge in [-0.15, -0.1) is 0 Å². The largest absolute Gasteiger partial charge is 0.465 e. The zero-order valence-electron chi connectivity index (χ0n) is 21.0. The lowest BCUT2D eigenvalue weighted by molar-refractivity contribution is 0.0501. The first-order chi connectivity index (χ1) is 16.7. The monoisotopic (exact) mass is 482 g/mol. The molecule has 188 valence electrons. The molecular weight excluding hydrogens is 448 g/mol. The maximum atomic E-state index is 11.9. The van der Waals surface area contributed by atoms with Crippen LogP contribution in [-0.2, 0) is 14.2 Å². The molecule has 0 saturated carbocycles. The molecule has 0 fully saturated rings. The Morgan fingerprint density at radius 1 is 1.09 bits per heavy atom. The number of carbonyl (C=O) groups excluding carboxylic acids is 2. The van der Waals surface area contributed by atoms with E-state index >= 15 is 0 Å². The number of methoxy groups -OCH3 is 1. The highest BCUT2D eigenvalue weighted by atomic mass is 16.6. The number of amides is 1. The Kier molecular flexibility index (Phi) is 8.81. The van der Waals surface area contributed by atoms with Crippen LogP contribution in [0.25, 0.3) is 21.7 Å². The molecule has 0 bridgehead atoms. The van der Waals surface area contributed by atoms with Crippen LogP contribution in [0, 0.1) is 0 Å². The second kappa shape index (κ2) is 11.8. The standard InChI is InChI=1S/C26H34N4O5/c1-17(29-25(32)35-26(2,3)4)7-6-13-34-14-12-28-23-20-10-11-27-16-21(20)19-9-8-18(24(31)33-5)15-22(19)30-23/h8-11,15-17H,6-7,12-14H2,1-5H3,(H,28,30)(H,29,32)/t17-/m0/s1. The van der Waals surface area contributed by atoms with Gasteiger partial charge in [0.2, 0.25) is 0 Å². The Hall–Kier alpha value is -3.46. The van der Waals surface area contributed by atoms with Crippen LogP contribution in [0.15, 0.2) is 36.7 Å². The third kappa shape index (κ3) is 7.51. The number of aromatic nitrogens is 2. The smallest absolute Gasteiger partial charge is 0.407 e. The predicted octanol–water partition coefficient (Wildman–Crippen LogP) is 4.69. The van der Waals surface area contributed by atoms with E-state index in [0.717, 1.165) is 29.0 Å². The van der Waals surface area contributed by atoms with E-state index < -0.39 is 17.7 Å². The van der Waals surface area contributed by atoms with Gasteiger partial charge in [0.1, 0.15) is 11.4 Å². The zero-order valence-corrected chi connectivity index (χ0v) is 21.0. The van der Waals surface area contributed by atoms with Crippen LogP contribution in [0.1, 0.15) is 50.9 Å². The van der Waals surface area contributed by atoms with Crippen molar-refractivity contribution >= 4 is 39.6 Å². The van der Waals surface area contributed by atoms with Crippen molar-refractivity contribution < 1.29 is 23.8 Å². The van der Waals surface area contributed by atoms with Crippen molar-refractivity contribution in [1.29, 1.82) is 0 Å². The Morgan fingerprint density at radius 2 is 1.89 bits per heavy atom. The Balaban J connectivity index is 1.51. The summed E-state index contributed by atoms with van der Waals surface area (Å²) < 4.78 is 15.8. The first-order valence-corrected chi connectivity index (χ1v) is 11.7. The van der Waals surface area contributed by atoms with Crippen LogP contribution in [0.3, 0.4) is 0 Å². The topological polar surface area (TPSA) is 112 Å². The number of nitrogens with one attached hydrogen (secondary N) is 2. The van der Waals surface area contributed by atoms with Gasteiger partial charge in [-0.2, -0.15) is 0 Å². The van der Waals surface area contributed by atoms with Crippen molar-refractivity contribution in [2.24, 2.45) is 0 Å². The molecule has 35 heavy (non-hydrogen) atoms. The van der Waals surface area contributed by atoms with E-state index in [9.17, 15) is 9.59 Å². The number of hydrogen-bond acceptors (Lipinski definition) is 8. The average Bonchev–Trinajstić information content (AvgIpc) is 2.81. The normalized spacial score (nSPS) is 12.4. The lowest BCUT2D eigenvalue weighted by Gasteiger charge is -2.21. The molecule has 0 aliphatic carbocycles. The second-order valence-electron chi connectivity index (χ2n) is 9.33. The highest BCUT2D eigenvalue weighted by molar-refractivity contribution is 6.10. The number of benzene rings is 1. The van der Waals surface area contributed by atoms with Gasteiger partial charge in [-0.1, -0.05) is 6.07 Å². The van der Waals surface area contributed by atoms with Crippen LogP contribution in [0.4, 0.5) is 10.6 Å². The first kappa shape index (κ1) is 26.2. The molecule has 2 N–H and O–H groups in total. The van der Waals surface area contributed by atoms with E-state index in [1.54, 1.807) is 24.5 Å². The van der Waals surface area contributed by atoms with Crippen LogP contribution >= 0.6 is 0 Å². The lowest BCUT2D eigenvalue weighted by Crippen LogP contribution is -2.37. The van der Waals surface area contributed by atoms with Crippen molar-refractivity contribution in [1.82, 2.24) is 15.3 Å². The fourth-order valence-corrected chi connectivity index (χ4v) is 3.64. The van der Waals surface area contributed by atoms with Gasteiger partial charge in [0.25, 0.3) is 0 Å². The minimum absolute atomic E-state index is 0.00299. The summed E-state index contributed by atoms with van der Waals surface area (Å²) in [6.07, 6.45) is 4.73. The molecular formula is C26H34N4O5. The summed E-state index contributed by atoms with van der Waals surface area (Å²) in [6.45, 7) is 9.12. The zero-order chi connectivity index (χ0) is 25.4. The van der Waals surface area contributed by atoms with Crippen molar-refractivity contribution in [2.45, 2.75) is 52.2 Å². The quantitative estimate of drug-likeness (QED) is 0.243. The number of carbonyl (C=O) groups is 2. The molecule has 2 heterocycles. The summed E-state index contributed by atoms with van der Waals surface area (Å²) in [5, 5.41) is 8.98. The molecule has 3 aromatic rings. The van der Waals surface area contributed by atoms with Gasteiger partial charge in [-0.05, 0) is 58.7 Å². The van der Waals surface area contributed by atoms with Gasteiger partial charge in [0, 0.05) is 47.7 Å². The summed E-state index contributed by atoms with van der Waals surface area (Å²) in [5.41, 5.74) is 0.620. The molecule has 0 aliphatic heterocycles. The third-order valence-electron chi connectivity index (χ3n) is 5.25. The number of pyridine rings is 2. The molecule has 1 atom stereocenters. The third-order valence-corrected chi connectivity index (χ3v) is 5.25. The van der Waals surface area contributed by atoms with E-state index in [0.29, 0.717) is 36.7 Å². The molecule has 2 aromatic heterocycles. The van der Waals surface area contributed by atoms with E-state index in [-0.39, 0.29) is 6.04 Å². The molecule has 0 unspecified atom stereocenters. The van der Waals surface area contributed by atoms with Crippen molar-refractivity contribution in [3.8, 4) is 0 Å². The fourth-order valence-electron chi connectivity index (χ4n) is 3.64. The van der Waals surface area contributed by atoms with Crippen LogP contribution < -0.4 is 10.6 Å². The van der Waals surface area contributed by atoms with Gasteiger partial charge in [0.15, 0.2) is 0 Å². The van der Waals surface area contributed by atoms with Crippen molar-refractivity contribution in [2.75, 3.05) is 32.2 Å². The van der Waals surface area contributed by atoms with Crippen LogP contribution in [0.2, 0.25) is 0 Å². The summed E-state index contributed by atoms with van der Waals surface area (Å²) in [6, 6.07) is 7.24. The number of ether oxygens (including phenoxy) is 3.